The molecule has 1 aromatic carbocycles. The standard InChI is InChI=1S/C18H25NSi/c1-14(2)11-16-12-17(15-9-7-6-8-10-15)19-13-18(16)20(3,4)5/h6-10,12-14H,11H2,1-5H3/i1D3,2D3,14D. The Balaban J connectivity index is 2.65. The van der Waals surface area contributed by atoms with E-state index in [0.717, 1.165) is 10.8 Å². The fourth-order valence-electron chi connectivity index (χ4n) is 2.28. The van der Waals surface area contributed by atoms with Crippen LogP contribution in [0.5, 0.6) is 0 Å². The van der Waals surface area contributed by atoms with Gasteiger partial charge in [-0.1, -0.05) is 63.7 Å². The molecule has 20 heavy (non-hydrogen) atoms. The zero-order chi connectivity index (χ0) is 20.7. The van der Waals surface area contributed by atoms with E-state index in [0.29, 0.717) is 11.3 Å². The van der Waals surface area contributed by atoms with Crippen molar-refractivity contribution in [2.45, 2.75) is 39.8 Å². The molecule has 1 aromatic heterocycles. The van der Waals surface area contributed by atoms with Crippen molar-refractivity contribution in [3.63, 3.8) is 0 Å². The van der Waals surface area contributed by atoms with Gasteiger partial charge in [0.15, 0.2) is 0 Å². The highest BCUT2D eigenvalue weighted by Crippen LogP contribution is 2.20. The van der Waals surface area contributed by atoms with Gasteiger partial charge >= 0.3 is 0 Å². The van der Waals surface area contributed by atoms with Crippen LogP contribution in [0.2, 0.25) is 19.6 Å². The van der Waals surface area contributed by atoms with E-state index >= 15 is 0 Å². The summed E-state index contributed by atoms with van der Waals surface area (Å²) in [5.74, 6) is -2.58. The van der Waals surface area contributed by atoms with Crippen LogP contribution in [-0.4, -0.2) is 13.1 Å². The van der Waals surface area contributed by atoms with Gasteiger partial charge < -0.3 is 0 Å². The molecule has 106 valence electrons. The van der Waals surface area contributed by atoms with Gasteiger partial charge in [0.05, 0.1) is 13.8 Å². The minimum atomic E-state index is -2.94. The van der Waals surface area contributed by atoms with Crippen molar-refractivity contribution in [1.29, 1.82) is 0 Å². The van der Waals surface area contributed by atoms with Crippen LogP contribution in [0.4, 0.5) is 0 Å². The first-order chi connectivity index (χ1) is 12.2. The monoisotopic (exact) mass is 290 g/mol. The average Bonchev–Trinajstić information content (AvgIpc) is 2.52. The van der Waals surface area contributed by atoms with Crippen LogP contribution in [0.15, 0.2) is 42.6 Å². The summed E-state index contributed by atoms with van der Waals surface area (Å²) in [6.07, 6.45) is 1.35. The molecule has 0 amide bonds. The smallest absolute Gasteiger partial charge is 0.0799 e. The summed E-state index contributed by atoms with van der Waals surface area (Å²) in [7, 11) is -1.93. The van der Waals surface area contributed by atoms with E-state index in [1.54, 1.807) is 12.3 Å². The Bertz CT molecular complexity index is 778. The van der Waals surface area contributed by atoms with Gasteiger partial charge in [0.25, 0.3) is 0 Å². The maximum Gasteiger partial charge on any atom is 0.0799 e. The van der Waals surface area contributed by atoms with Crippen LogP contribution in [-0.2, 0) is 6.42 Å². The molecule has 0 bridgehead atoms. The van der Waals surface area contributed by atoms with Gasteiger partial charge in [-0.25, -0.2) is 0 Å². The lowest BCUT2D eigenvalue weighted by molar-refractivity contribution is 0.649. The highest BCUT2D eigenvalue weighted by molar-refractivity contribution is 6.89. The maximum atomic E-state index is 8.41. The van der Waals surface area contributed by atoms with E-state index in [1.807, 2.05) is 30.3 Å². The number of nitrogens with zero attached hydrogens (tertiary/aromatic N) is 1. The maximum absolute atomic E-state index is 8.41. The first-order valence-corrected chi connectivity index (χ1v) is 10.2. The Hall–Kier alpha value is -1.41. The molecule has 1 nitrogen and oxygen atoms in total. The molecule has 0 atom stereocenters. The molecule has 0 radical (unpaired) electrons. The minimum absolute atomic E-state index is 0.373. The summed E-state index contributed by atoms with van der Waals surface area (Å²) in [5, 5.41) is 0.882. The van der Waals surface area contributed by atoms with Gasteiger partial charge in [0, 0.05) is 21.4 Å². The Morgan fingerprint density at radius 2 is 1.90 bits per heavy atom. The molecule has 0 N–H and O–H groups in total. The zero-order valence-corrected chi connectivity index (χ0v) is 13.2. The first kappa shape index (κ1) is 8.13. The fraction of sp³-hybridized carbons (Fsp3) is 0.389. The second-order valence-electron chi connectivity index (χ2n) is 6.00. The molecular formula is C18H25NSi. The largest absolute Gasteiger partial charge is 0.256 e. The van der Waals surface area contributed by atoms with E-state index < -0.39 is 27.7 Å². The van der Waals surface area contributed by atoms with Crippen molar-refractivity contribution >= 4 is 13.3 Å². The third-order valence-electron chi connectivity index (χ3n) is 3.23. The lowest BCUT2D eigenvalue weighted by Gasteiger charge is -2.22. The summed E-state index contributed by atoms with van der Waals surface area (Å²) in [5.41, 5.74) is 2.09. The number of rotatable bonds is 4. The quantitative estimate of drug-likeness (QED) is 0.756. The normalized spacial score (nSPS) is 18.9. The fourth-order valence-corrected chi connectivity index (χ4v) is 3.85. The molecule has 0 fully saturated rings. The van der Waals surface area contributed by atoms with Crippen LogP contribution >= 0.6 is 0 Å². The number of aromatic nitrogens is 1. The Morgan fingerprint density at radius 1 is 1.20 bits per heavy atom. The average molecular weight is 291 g/mol. The predicted molar refractivity (Wildman–Crippen MR) is 91.2 cm³/mol. The highest BCUT2D eigenvalue weighted by atomic mass is 28.3. The van der Waals surface area contributed by atoms with Crippen molar-refractivity contribution in [3.8, 4) is 11.3 Å². The Morgan fingerprint density at radius 3 is 2.50 bits per heavy atom. The van der Waals surface area contributed by atoms with Gasteiger partial charge in [-0.15, -0.1) is 0 Å². The molecule has 0 spiro atoms. The number of pyridine rings is 1. The molecule has 0 aliphatic heterocycles. The summed E-state index contributed by atoms with van der Waals surface area (Å²) < 4.78 is 54.7. The van der Waals surface area contributed by atoms with E-state index in [4.69, 9.17) is 9.60 Å². The topological polar surface area (TPSA) is 12.9 Å². The van der Waals surface area contributed by atoms with Crippen LogP contribution < -0.4 is 5.19 Å². The van der Waals surface area contributed by atoms with E-state index in [9.17, 15) is 0 Å². The van der Waals surface area contributed by atoms with E-state index in [2.05, 4.69) is 24.6 Å². The van der Waals surface area contributed by atoms with Gasteiger partial charge in [-0.05, 0) is 29.1 Å². The van der Waals surface area contributed by atoms with Gasteiger partial charge in [0.1, 0.15) is 0 Å². The molecule has 0 aliphatic carbocycles. The lowest BCUT2D eigenvalue weighted by atomic mass is 10.0. The summed E-state index contributed by atoms with van der Waals surface area (Å²) in [6, 6.07) is 11.2. The lowest BCUT2D eigenvalue weighted by Crippen LogP contribution is -2.40. The van der Waals surface area contributed by atoms with E-state index in [1.165, 1.54) is 0 Å². The Labute approximate surface area is 133 Å². The number of benzene rings is 1. The highest BCUT2D eigenvalue weighted by Gasteiger charge is 2.21. The third-order valence-corrected chi connectivity index (χ3v) is 5.30. The number of hydrogen-bond acceptors (Lipinski definition) is 1. The Kier molecular flexibility index (Phi) is 2.41. The van der Waals surface area contributed by atoms with E-state index in [-0.39, 0.29) is 6.42 Å². The molecule has 2 heteroatoms. The van der Waals surface area contributed by atoms with Crippen molar-refractivity contribution < 1.29 is 9.60 Å². The van der Waals surface area contributed by atoms with Crippen molar-refractivity contribution in [1.82, 2.24) is 4.98 Å². The molecular weight excluding hydrogens is 258 g/mol. The third kappa shape index (κ3) is 3.57. The molecule has 0 unspecified atom stereocenters. The number of hydrogen-bond donors (Lipinski definition) is 0. The van der Waals surface area contributed by atoms with Crippen LogP contribution in [0.25, 0.3) is 11.3 Å². The van der Waals surface area contributed by atoms with Crippen molar-refractivity contribution in [3.05, 3.63) is 48.2 Å². The first-order valence-electron chi connectivity index (χ1n) is 10.2. The summed E-state index contributed by atoms with van der Waals surface area (Å²) in [6.45, 7) is 0.389. The van der Waals surface area contributed by atoms with Gasteiger partial charge in [0.2, 0.25) is 0 Å². The molecule has 0 saturated heterocycles. The molecule has 2 aromatic rings. The second kappa shape index (κ2) is 5.92. The molecule has 1 heterocycles. The minimum Gasteiger partial charge on any atom is -0.256 e. The molecule has 2 rings (SSSR count). The van der Waals surface area contributed by atoms with Crippen LogP contribution in [0.3, 0.4) is 0 Å². The summed E-state index contributed by atoms with van der Waals surface area (Å²) >= 11 is 0. The van der Waals surface area contributed by atoms with Gasteiger partial charge in [-0.3, -0.25) is 4.98 Å². The van der Waals surface area contributed by atoms with Crippen molar-refractivity contribution in [2.75, 3.05) is 0 Å². The van der Waals surface area contributed by atoms with Crippen LogP contribution in [0.1, 0.15) is 28.9 Å². The summed E-state index contributed by atoms with van der Waals surface area (Å²) in [4.78, 5) is 4.52. The predicted octanol–water partition coefficient (Wildman–Crippen LogP) is 4.49. The van der Waals surface area contributed by atoms with Crippen molar-refractivity contribution in [2.24, 2.45) is 5.89 Å². The van der Waals surface area contributed by atoms with Gasteiger partial charge in [-0.2, -0.15) is 0 Å². The second-order valence-corrected chi connectivity index (χ2v) is 11.0. The molecule has 0 aliphatic rings. The van der Waals surface area contributed by atoms with Crippen LogP contribution in [0, 0.1) is 5.89 Å². The zero-order valence-electron chi connectivity index (χ0n) is 19.2. The SMILES string of the molecule is [2H]C([2H])([2H])C([2H])(Cc1cc(-c2ccccc2)ncc1[Si](C)(C)C)C([2H])([2H])[2H]. The molecule has 0 saturated carbocycles.